The Labute approximate surface area is 111 Å². The summed E-state index contributed by atoms with van der Waals surface area (Å²) in [6.07, 6.45) is 1.73. The van der Waals surface area contributed by atoms with Gasteiger partial charge >= 0.3 is 0 Å². The second-order valence-electron chi connectivity index (χ2n) is 4.21. The number of Topliss-reactive ketones (excluding diaryl/α,β-unsaturated/α-hetero) is 1. The molecule has 0 saturated heterocycles. The van der Waals surface area contributed by atoms with Crippen molar-refractivity contribution in [1.82, 2.24) is 0 Å². The van der Waals surface area contributed by atoms with Crippen molar-refractivity contribution in [3.8, 4) is 11.5 Å². The number of allylic oxidation sites excluding steroid dienone is 1. The molecule has 0 aromatic heterocycles. The van der Waals surface area contributed by atoms with E-state index in [2.05, 4.69) is 0 Å². The topological polar surface area (TPSA) is 35.5 Å². The summed E-state index contributed by atoms with van der Waals surface area (Å²) in [5.74, 6) is 1.62. The van der Waals surface area contributed by atoms with E-state index in [1.807, 2.05) is 36.4 Å². The molecule has 3 heteroatoms. The van der Waals surface area contributed by atoms with E-state index in [-0.39, 0.29) is 5.78 Å². The number of ketones is 1. The molecule has 2 aromatic rings. The second-order valence-corrected chi connectivity index (χ2v) is 4.21. The van der Waals surface area contributed by atoms with Gasteiger partial charge in [0.05, 0.1) is 12.7 Å². The van der Waals surface area contributed by atoms with Gasteiger partial charge in [0.1, 0.15) is 11.5 Å². The standard InChI is InChI=1S/C16H12O3/c1-18-12-6-4-5-11(9-12)10-15-16(17)13-7-2-3-8-14(13)19-15/h2-10H,1H3/b15-10+. The van der Waals surface area contributed by atoms with Gasteiger partial charge in [-0.1, -0.05) is 24.3 Å². The fraction of sp³-hybridized carbons (Fsp3) is 0.0625. The van der Waals surface area contributed by atoms with E-state index in [0.717, 1.165) is 11.3 Å². The van der Waals surface area contributed by atoms with Gasteiger partial charge in [-0.3, -0.25) is 4.79 Å². The molecule has 94 valence electrons. The molecule has 1 aliphatic rings. The Balaban J connectivity index is 1.96. The van der Waals surface area contributed by atoms with Crippen molar-refractivity contribution < 1.29 is 14.3 Å². The van der Waals surface area contributed by atoms with Crippen LogP contribution in [-0.4, -0.2) is 12.9 Å². The molecule has 2 aromatic carbocycles. The van der Waals surface area contributed by atoms with E-state index < -0.39 is 0 Å². The normalized spacial score (nSPS) is 15.2. The minimum atomic E-state index is -0.0848. The lowest BCUT2D eigenvalue weighted by Crippen LogP contribution is -1.98. The smallest absolute Gasteiger partial charge is 0.231 e. The molecule has 0 radical (unpaired) electrons. The Morgan fingerprint density at radius 2 is 1.95 bits per heavy atom. The molecule has 0 fully saturated rings. The molecule has 19 heavy (non-hydrogen) atoms. The van der Waals surface area contributed by atoms with Gasteiger partial charge in [-0.2, -0.15) is 0 Å². The van der Waals surface area contributed by atoms with Crippen LogP contribution in [0.25, 0.3) is 6.08 Å². The van der Waals surface area contributed by atoms with Crippen LogP contribution in [0.2, 0.25) is 0 Å². The zero-order valence-corrected chi connectivity index (χ0v) is 10.4. The summed E-state index contributed by atoms with van der Waals surface area (Å²) < 4.78 is 10.7. The first-order valence-electron chi connectivity index (χ1n) is 5.95. The van der Waals surface area contributed by atoms with Crippen LogP contribution in [0.1, 0.15) is 15.9 Å². The summed E-state index contributed by atoms with van der Waals surface area (Å²) in [6.45, 7) is 0. The summed E-state index contributed by atoms with van der Waals surface area (Å²) >= 11 is 0. The lowest BCUT2D eigenvalue weighted by Gasteiger charge is -2.01. The number of carbonyl (C=O) groups is 1. The van der Waals surface area contributed by atoms with E-state index in [4.69, 9.17) is 9.47 Å². The van der Waals surface area contributed by atoms with Crippen LogP contribution in [0.15, 0.2) is 54.3 Å². The zero-order valence-electron chi connectivity index (χ0n) is 10.4. The Hall–Kier alpha value is -2.55. The fourth-order valence-electron chi connectivity index (χ4n) is 2.02. The summed E-state index contributed by atoms with van der Waals surface area (Å²) in [6, 6.07) is 14.7. The number of hydrogen-bond donors (Lipinski definition) is 0. The van der Waals surface area contributed by atoms with E-state index in [0.29, 0.717) is 17.1 Å². The Bertz CT molecular complexity index is 671. The number of methoxy groups -OCH3 is 1. The zero-order chi connectivity index (χ0) is 13.2. The lowest BCUT2D eigenvalue weighted by molar-refractivity contribution is 0.101. The molecule has 1 heterocycles. The second kappa shape index (κ2) is 4.61. The molecule has 3 rings (SSSR count). The number of ether oxygens (including phenoxy) is 2. The van der Waals surface area contributed by atoms with Crippen LogP contribution in [0.4, 0.5) is 0 Å². The quantitative estimate of drug-likeness (QED) is 0.769. The summed E-state index contributed by atoms with van der Waals surface area (Å²) in [4.78, 5) is 12.1. The molecule has 1 aliphatic heterocycles. The predicted molar refractivity (Wildman–Crippen MR) is 72.4 cm³/mol. The molecule has 0 amide bonds. The van der Waals surface area contributed by atoms with E-state index in [1.54, 1.807) is 25.3 Å². The fourth-order valence-corrected chi connectivity index (χ4v) is 2.02. The highest BCUT2D eigenvalue weighted by Gasteiger charge is 2.26. The van der Waals surface area contributed by atoms with Gasteiger partial charge in [-0.25, -0.2) is 0 Å². The van der Waals surface area contributed by atoms with Gasteiger partial charge in [0.25, 0.3) is 0 Å². The highest BCUT2D eigenvalue weighted by atomic mass is 16.5. The Morgan fingerprint density at radius 1 is 1.11 bits per heavy atom. The van der Waals surface area contributed by atoms with Crippen molar-refractivity contribution in [2.24, 2.45) is 0 Å². The molecule has 0 atom stereocenters. The van der Waals surface area contributed by atoms with Crippen molar-refractivity contribution in [3.63, 3.8) is 0 Å². The maximum atomic E-state index is 12.1. The van der Waals surface area contributed by atoms with Crippen LogP contribution < -0.4 is 9.47 Å². The molecule has 0 spiro atoms. The number of benzene rings is 2. The van der Waals surface area contributed by atoms with Gasteiger partial charge in [0.2, 0.25) is 5.78 Å². The van der Waals surface area contributed by atoms with Crippen molar-refractivity contribution in [2.45, 2.75) is 0 Å². The first kappa shape index (κ1) is 11.5. The molecular weight excluding hydrogens is 240 g/mol. The molecule has 0 aliphatic carbocycles. The van der Waals surface area contributed by atoms with Crippen LogP contribution in [-0.2, 0) is 0 Å². The summed E-state index contributed by atoms with van der Waals surface area (Å²) in [5.41, 5.74) is 1.48. The van der Waals surface area contributed by atoms with Gasteiger partial charge in [0.15, 0.2) is 5.76 Å². The average molecular weight is 252 g/mol. The van der Waals surface area contributed by atoms with E-state index in [1.165, 1.54) is 0 Å². The summed E-state index contributed by atoms with van der Waals surface area (Å²) in [5, 5.41) is 0. The van der Waals surface area contributed by atoms with E-state index >= 15 is 0 Å². The molecular formula is C16H12O3. The van der Waals surface area contributed by atoms with Crippen LogP contribution in [0, 0.1) is 0 Å². The van der Waals surface area contributed by atoms with Crippen molar-refractivity contribution in [3.05, 3.63) is 65.4 Å². The number of fused-ring (bicyclic) bond motifs is 1. The van der Waals surface area contributed by atoms with Crippen molar-refractivity contribution >= 4 is 11.9 Å². The molecule has 0 bridgehead atoms. The van der Waals surface area contributed by atoms with E-state index in [9.17, 15) is 4.79 Å². The SMILES string of the molecule is COc1cccc(/C=C2/Oc3ccccc3C2=O)c1. The van der Waals surface area contributed by atoms with Crippen molar-refractivity contribution in [1.29, 1.82) is 0 Å². The highest BCUT2D eigenvalue weighted by Crippen LogP contribution is 2.31. The highest BCUT2D eigenvalue weighted by molar-refractivity contribution is 6.14. The van der Waals surface area contributed by atoms with Gasteiger partial charge in [-0.05, 0) is 35.9 Å². The largest absolute Gasteiger partial charge is 0.497 e. The Morgan fingerprint density at radius 3 is 2.74 bits per heavy atom. The van der Waals surface area contributed by atoms with Crippen LogP contribution in [0.5, 0.6) is 11.5 Å². The third-order valence-electron chi connectivity index (χ3n) is 2.97. The number of para-hydroxylation sites is 1. The van der Waals surface area contributed by atoms with Crippen molar-refractivity contribution in [2.75, 3.05) is 7.11 Å². The van der Waals surface area contributed by atoms with Crippen LogP contribution >= 0.6 is 0 Å². The molecule has 0 saturated carbocycles. The lowest BCUT2D eigenvalue weighted by atomic mass is 10.1. The number of rotatable bonds is 2. The van der Waals surface area contributed by atoms with Gasteiger partial charge < -0.3 is 9.47 Å². The number of carbonyl (C=O) groups excluding carboxylic acids is 1. The van der Waals surface area contributed by atoms with Gasteiger partial charge in [0, 0.05) is 0 Å². The number of hydrogen-bond acceptors (Lipinski definition) is 3. The Kier molecular flexibility index (Phi) is 2.80. The minimum absolute atomic E-state index is 0.0848. The predicted octanol–water partition coefficient (Wildman–Crippen LogP) is 3.31. The molecule has 3 nitrogen and oxygen atoms in total. The average Bonchev–Trinajstić information content (AvgIpc) is 2.76. The third kappa shape index (κ3) is 2.10. The molecule has 0 N–H and O–H groups in total. The maximum Gasteiger partial charge on any atom is 0.231 e. The summed E-state index contributed by atoms with van der Waals surface area (Å²) in [7, 11) is 1.61. The first-order valence-corrected chi connectivity index (χ1v) is 5.95. The maximum absolute atomic E-state index is 12.1. The minimum Gasteiger partial charge on any atom is -0.497 e. The van der Waals surface area contributed by atoms with Crippen LogP contribution in [0.3, 0.4) is 0 Å². The third-order valence-corrected chi connectivity index (χ3v) is 2.97. The molecule has 0 unspecified atom stereocenters. The first-order chi connectivity index (χ1) is 9.28. The van der Waals surface area contributed by atoms with Gasteiger partial charge in [-0.15, -0.1) is 0 Å². The monoisotopic (exact) mass is 252 g/mol.